The van der Waals surface area contributed by atoms with E-state index in [9.17, 15) is 14.4 Å². The lowest BCUT2D eigenvalue weighted by Gasteiger charge is -2.32. The molecule has 4 rings (SSSR count). The maximum Gasteiger partial charge on any atom is 0.407 e. The van der Waals surface area contributed by atoms with Crippen LogP contribution >= 0.6 is 0 Å². The molecule has 0 aromatic heterocycles. The Bertz CT molecular complexity index is 1010. The molecule has 1 fully saturated rings. The summed E-state index contributed by atoms with van der Waals surface area (Å²) in [6.45, 7) is 1.93. The second-order valence-electron chi connectivity index (χ2n) is 9.39. The molecule has 3 atom stereocenters. The molecule has 34 heavy (non-hydrogen) atoms. The van der Waals surface area contributed by atoms with Crippen molar-refractivity contribution >= 4 is 18.0 Å². The zero-order valence-corrected chi connectivity index (χ0v) is 19.5. The molecule has 2 aromatic rings. The summed E-state index contributed by atoms with van der Waals surface area (Å²) in [7, 11) is 0. The van der Waals surface area contributed by atoms with E-state index in [0.717, 1.165) is 25.7 Å². The molecule has 7 nitrogen and oxygen atoms in total. The zero-order valence-electron chi connectivity index (χ0n) is 19.5. The smallest absolute Gasteiger partial charge is 0.407 e. The zero-order chi connectivity index (χ0) is 24.1. The predicted molar refractivity (Wildman–Crippen MR) is 128 cm³/mol. The summed E-state index contributed by atoms with van der Waals surface area (Å²) in [5, 5.41) is 14.6. The molecule has 0 saturated heterocycles. The van der Waals surface area contributed by atoms with Crippen LogP contribution in [0.3, 0.4) is 0 Å². The molecule has 0 bridgehead atoms. The van der Waals surface area contributed by atoms with Gasteiger partial charge in [0.1, 0.15) is 6.61 Å². The molecule has 0 radical (unpaired) electrons. The van der Waals surface area contributed by atoms with Crippen LogP contribution in [0.2, 0.25) is 0 Å². The predicted octanol–water partition coefficient (Wildman–Crippen LogP) is 4.45. The summed E-state index contributed by atoms with van der Waals surface area (Å²) in [6, 6.07) is 15.9. The number of amides is 2. The number of carboxylic acids is 1. The van der Waals surface area contributed by atoms with E-state index in [1.54, 1.807) is 6.92 Å². The molecular formula is C27H32N2O5. The first kappa shape index (κ1) is 23.8. The molecule has 180 valence electrons. The maximum atomic E-state index is 12.7. The first-order chi connectivity index (χ1) is 16.4. The van der Waals surface area contributed by atoms with E-state index < -0.39 is 18.1 Å². The number of aliphatic carboxylic acids is 1. The average molecular weight is 465 g/mol. The van der Waals surface area contributed by atoms with Gasteiger partial charge in [-0.1, -0.05) is 61.4 Å². The number of hydrogen-bond donors (Lipinski definition) is 3. The number of benzene rings is 2. The third-order valence-corrected chi connectivity index (χ3v) is 6.89. The van der Waals surface area contributed by atoms with E-state index >= 15 is 0 Å². The van der Waals surface area contributed by atoms with Crippen LogP contribution in [-0.2, 0) is 14.3 Å². The molecule has 2 aromatic carbocycles. The van der Waals surface area contributed by atoms with Gasteiger partial charge in [0.2, 0.25) is 5.91 Å². The Morgan fingerprint density at radius 2 is 1.62 bits per heavy atom. The minimum absolute atomic E-state index is 0.00167. The van der Waals surface area contributed by atoms with Crippen molar-refractivity contribution in [3.8, 4) is 11.1 Å². The number of carboxylic acid groups (broad SMARTS) is 1. The highest BCUT2D eigenvalue weighted by Gasteiger charge is 2.31. The first-order valence-corrected chi connectivity index (χ1v) is 12.0. The minimum Gasteiger partial charge on any atom is -0.481 e. The summed E-state index contributed by atoms with van der Waals surface area (Å²) in [4.78, 5) is 36.0. The lowest BCUT2D eigenvalue weighted by atomic mass is 9.82. The van der Waals surface area contributed by atoms with Crippen molar-refractivity contribution in [2.24, 2.45) is 5.92 Å². The number of carbonyl (C=O) groups is 3. The first-order valence-electron chi connectivity index (χ1n) is 12.0. The third kappa shape index (κ3) is 5.58. The van der Waals surface area contributed by atoms with Crippen LogP contribution in [-0.4, -0.2) is 41.8 Å². The topological polar surface area (TPSA) is 105 Å². The Balaban J connectivity index is 1.33. The van der Waals surface area contributed by atoms with Gasteiger partial charge in [-0.3, -0.25) is 9.59 Å². The molecule has 2 unspecified atom stereocenters. The number of alkyl carbamates (subject to hydrolysis) is 1. The van der Waals surface area contributed by atoms with Gasteiger partial charge in [0.15, 0.2) is 0 Å². The van der Waals surface area contributed by atoms with Crippen molar-refractivity contribution in [2.75, 3.05) is 6.61 Å². The maximum absolute atomic E-state index is 12.7. The SMILES string of the molecule is C[C@H](CC(=O)O)NC(=O)CC1CCCCC1NC(=O)OCC1c2ccccc2-c2ccccc21. The van der Waals surface area contributed by atoms with Gasteiger partial charge in [0, 0.05) is 24.4 Å². The van der Waals surface area contributed by atoms with Crippen LogP contribution in [0.4, 0.5) is 4.79 Å². The summed E-state index contributed by atoms with van der Waals surface area (Å²) in [5.74, 6) is -1.12. The molecule has 0 heterocycles. The van der Waals surface area contributed by atoms with Crippen molar-refractivity contribution in [3.63, 3.8) is 0 Å². The fourth-order valence-electron chi connectivity index (χ4n) is 5.32. The Kier molecular flexibility index (Phi) is 7.50. The quantitative estimate of drug-likeness (QED) is 0.535. The van der Waals surface area contributed by atoms with Gasteiger partial charge in [-0.2, -0.15) is 0 Å². The van der Waals surface area contributed by atoms with Gasteiger partial charge >= 0.3 is 12.1 Å². The fourth-order valence-corrected chi connectivity index (χ4v) is 5.32. The molecule has 3 N–H and O–H groups in total. The standard InChI is InChI=1S/C27H32N2O5/c1-17(14-26(31)32)28-25(30)15-18-8-2-7-13-24(18)29-27(33)34-16-23-21-11-5-3-9-19(21)20-10-4-6-12-22(20)23/h3-6,9-12,17-18,23-24H,2,7-8,13-16H2,1H3,(H,28,30)(H,29,33)(H,31,32)/t17-,18?,24?/m1/s1. The molecule has 2 amide bonds. The molecule has 0 spiro atoms. The molecule has 2 aliphatic rings. The van der Waals surface area contributed by atoms with Gasteiger partial charge in [-0.25, -0.2) is 4.79 Å². The van der Waals surface area contributed by atoms with Crippen LogP contribution in [0.5, 0.6) is 0 Å². The third-order valence-electron chi connectivity index (χ3n) is 6.89. The highest BCUT2D eigenvalue weighted by Crippen LogP contribution is 2.44. The molecule has 0 aliphatic heterocycles. The second kappa shape index (κ2) is 10.7. The highest BCUT2D eigenvalue weighted by atomic mass is 16.5. The number of rotatable bonds is 8. The highest BCUT2D eigenvalue weighted by molar-refractivity contribution is 5.79. The molecular weight excluding hydrogens is 432 g/mol. The molecule has 7 heteroatoms. The molecule has 1 saturated carbocycles. The second-order valence-corrected chi connectivity index (χ2v) is 9.39. The normalized spacial score (nSPS) is 20.0. The van der Waals surface area contributed by atoms with E-state index in [2.05, 4.69) is 34.9 Å². The largest absolute Gasteiger partial charge is 0.481 e. The summed E-state index contributed by atoms with van der Waals surface area (Å²) < 4.78 is 5.69. The van der Waals surface area contributed by atoms with E-state index in [-0.39, 0.29) is 43.2 Å². The van der Waals surface area contributed by atoms with Crippen molar-refractivity contribution in [3.05, 3.63) is 59.7 Å². The summed E-state index contributed by atoms with van der Waals surface area (Å²) in [5.41, 5.74) is 4.70. The lowest BCUT2D eigenvalue weighted by molar-refractivity contribution is -0.137. The van der Waals surface area contributed by atoms with E-state index in [4.69, 9.17) is 9.84 Å². The van der Waals surface area contributed by atoms with E-state index in [1.807, 2.05) is 24.3 Å². The summed E-state index contributed by atoms with van der Waals surface area (Å²) >= 11 is 0. The van der Waals surface area contributed by atoms with Crippen LogP contribution in [0.15, 0.2) is 48.5 Å². The van der Waals surface area contributed by atoms with Gasteiger partial charge in [0.25, 0.3) is 0 Å². The number of ether oxygens (including phenoxy) is 1. The van der Waals surface area contributed by atoms with Crippen LogP contribution < -0.4 is 10.6 Å². The van der Waals surface area contributed by atoms with Gasteiger partial charge < -0.3 is 20.5 Å². The Labute approximate surface area is 199 Å². The van der Waals surface area contributed by atoms with Gasteiger partial charge in [-0.05, 0) is 47.9 Å². The lowest BCUT2D eigenvalue weighted by Crippen LogP contribution is -2.45. The Hall–Kier alpha value is -3.35. The minimum atomic E-state index is -0.944. The number of fused-ring (bicyclic) bond motifs is 3. The number of carbonyl (C=O) groups excluding carboxylic acids is 2. The van der Waals surface area contributed by atoms with Crippen molar-refractivity contribution in [2.45, 2.75) is 63.5 Å². The van der Waals surface area contributed by atoms with Crippen molar-refractivity contribution in [1.82, 2.24) is 10.6 Å². The van der Waals surface area contributed by atoms with Crippen molar-refractivity contribution < 1.29 is 24.2 Å². The molecule has 2 aliphatic carbocycles. The van der Waals surface area contributed by atoms with Gasteiger partial charge in [-0.15, -0.1) is 0 Å². The Morgan fingerprint density at radius 3 is 2.26 bits per heavy atom. The average Bonchev–Trinajstić information content (AvgIpc) is 3.12. The fraction of sp³-hybridized carbons (Fsp3) is 0.444. The summed E-state index contributed by atoms with van der Waals surface area (Å²) in [6.07, 6.45) is 3.32. The number of nitrogens with one attached hydrogen (secondary N) is 2. The Morgan fingerprint density at radius 1 is 1.00 bits per heavy atom. The van der Waals surface area contributed by atoms with E-state index in [0.29, 0.717) is 0 Å². The van der Waals surface area contributed by atoms with Crippen LogP contribution in [0.25, 0.3) is 11.1 Å². The van der Waals surface area contributed by atoms with Gasteiger partial charge in [0.05, 0.1) is 6.42 Å². The number of hydrogen-bond acceptors (Lipinski definition) is 4. The van der Waals surface area contributed by atoms with Crippen molar-refractivity contribution in [1.29, 1.82) is 0 Å². The monoisotopic (exact) mass is 464 g/mol. The van der Waals surface area contributed by atoms with Crippen LogP contribution in [0.1, 0.15) is 62.5 Å². The van der Waals surface area contributed by atoms with E-state index in [1.165, 1.54) is 22.3 Å². The van der Waals surface area contributed by atoms with Crippen LogP contribution in [0, 0.1) is 5.92 Å².